The number of hydrogen-bond acceptors (Lipinski definition) is 6. The Hall–Kier alpha value is -3.09. The van der Waals surface area contributed by atoms with Gasteiger partial charge in [0.25, 0.3) is 5.91 Å². The monoisotopic (exact) mass is 370 g/mol. The van der Waals surface area contributed by atoms with E-state index in [9.17, 15) is 9.59 Å². The minimum absolute atomic E-state index is 0.0596. The second-order valence-corrected chi connectivity index (χ2v) is 6.21. The van der Waals surface area contributed by atoms with E-state index in [-0.39, 0.29) is 24.4 Å². The minimum atomic E-state index is -0.205. The van der Waals surface area contributed by atoms with Gasteiger partial charge in [-0.15, -0.1) is 0 Å². The van der Waals surface area contributed by atoms with Gasteiger partial charge in [0.05, 0.1) is 13.0 Å². The van der Waals surface area contributed by atoms with Crippen LogP contribution in [0.5, 0.6) is 17.4 Å². The van der Waals surface area contributed by atoms with Gasteiger partial charge in [-0.1, -0.05) is 12.1 Å². The molecule has 2 aromatic rings. The van der Waals surface area contributed by atoms with Gasteiger partial charge < -0.3 is 19.1 Å². The van der Waals surface area contributed by atoms with Crippen LogP contribution >= 0.6 is 0 Å². The van der Waals surface area contributed by atoms with Gasteiger partial charge in [0, 0.05) is 31.4 Å². The molecule has 1 aliphatic heterocycles. The van der Waals surface area contributed by atoms with E-state index in [1.807, 2.05) is 12.1 Å². The molecule has 1 aromatic carbocycles. The van der Waals surface area contributed by atoms with Gasteiger partial charge in [-0.3, -0.25) is 9.59 Å². The first-order valence-electron chi connectivity index (χ1n) is 8.83. The van der Waals surface area contributed by atoms with Crippen molar-refractivity contribution >= 4 is 11.9 Å². The summed E-state index contributed by atoms with van der Waals surface area (Å²) in [6.45, 7) is 1.01. The molecule has 0 spiro atoms. The molecule has 0 saturated carbocycles. The molecule has 1 saturated heterocycles. The maximum absolute atomic E-state index is 12.3. The summed E-state index contributed by atoms with van der Waals surface area (Å²) < 4.78 is 16.0. The Labute approximate surface area is 157 Å². The number of benzene rings is 1. The molecule has 7 heteroatoms. The SMILES string of the molecule is COC(=O)C1CCN(C(=O)COc2cccc(Oc3ccccn3)c2)CC1. The van der Waals surface area contributed by atoms with E-state index >= 15 is 0 Å². The van der Waals surface area contributed by atoms with Crippen molar-refractivity contribution in [3.8, 4) is 17.4 Å². The molecule has 1 aromatic heterocycles. The number of rotatable bonds is 6. The first kappa shape index (κ1) is 18.7. The molecule has 7 nitrogen and oxygen atoms in total. The number of nitrogens with zero attached hydrogens (tertiary/aromatic N) is 2. The summed E-state index contributed by atoms with van der Waals surface area (Å²) in [5.74, 6) is 1.18. The molecular weight excluding hydrogens is 348 g/mol. The zero-order valence-electron chi connectivity index (χ0n) is 15.2. The molecular formula is C20H22N2O5. The van der Waals surface area contributed by atoms with Crippen LogP contribution in [0.25, 0.3) is 0 Å². The number of carbonyl (C=O) groups is 2. The number of carbonyl (C=O) groups excluding carboxylic acids is 2. The lowest BCUT2D eigenvalue weighted by Crippen LogP contribution is -2.42. The van der Waals surface area contributed by atoms with Crippen molar-refractivity contribution in [3.05, 3.63) is 48.7 Å². The molecule has 0 radical (unpaired) electrons. The van der Waals surface area contributed by atoms with Crippen molar-refractivity contribution in [2.75, 3.05) is 26.8 Å². The summed E-state index contributed by atoms with van der Waals surface area (Å²) >= 11 is 0. The van der Waals surface area contributed by atoms with E-state index in [0.29, 0.717) is 43.3 Å². The molecule has 142 valence electrons. The number of ether oxygens (including phenoxy) is 3. The van der Waals surface area contributed by atoms with E-state index < -0.39 is 0 Å². The predicted octanol–water partition coefficient (Wildman–Crippen LogP) is 2.66. The van der Waals surface area contributed by atoms with Crippen molar-refractivity contribution in [2.24, 2.45) is 5.92 Å². The molecule has 0 atom stereocenters. The van der Waals surface area contributed by atoms with Gasteiger partial charge in [0.1, 0.15) is 11.5 Å². The second kappa shape index (κ2) is 9.02. The van der Waals surface area contributed by atoms with E-state index in [0.717, 1.165) is 0 Å². The number of likely N-dealkylation sites (tertiary alicyclic amines) is 1. The fourth-order valence-corrected chi connectivity index (χ4v) is 2.92. The first-order valence-corrected chi connectivity index (χ1v) is 8.83. The number of esters is 1. The lowest BCUT2D eigenvalue weighted by Gasteiger charge is -2.30. The molecule has 0 bridgehead atoms. The molecule has 1 fully saturated rings. The third-order valence-electron chi connectivity index (χ3n) is 4.41. The average Bonchev–Trinajstić information content (AvgIpc) is 2.72. The third kappa shape index (κ3) is 5.20. The molecule has 0 N–H and O–H groups in total. The molecule has 3 rings (SSSR count). The van der Waals surface area contributed by atoms with E-state index in [1.54, 1.807) is 41.4 Å². The summed E-state index contributed by atoms with van der Waals surface area (Å²) in [4.78, 5) is 29.7. The fourth-order valence-electron chi connectivity index (χ4n) is 2.92. The maximum atomic E-state index is 12.3. The van der Waals surface area contributed by atoms with E-state index in [4.69, 9.17) is 14.2 Å². The number of aromatic nitrogens is 1. The molecule has 1 amide bonds. The number of amides is 1. The maximum Gasteiger partial charge on any atom is 0.308 e. The molecule has 1 aliphatic rings. The smallest absolute Gasteiger partial charge is 0.308 e. The highest BCUT2D eigenvalue weighted by molar-refractivity contribution is 5.78. The molecule has 0 unspecified atom stereocenters. The third-order valence-corrected chi connectivity index (χ3v) is 4.41. The Balaban J connectivity index is 1.49. The van der Waals surface area contributed by atoms with Gasteiger partial charge in [0.2, 0.25) is 5.88 Å². The van der Waals surface area contributed by atoms with Gasteiger partial charge in [0.15, 0.2) is 6.61 Å². The quantitative estimate of drug-likeness (QED) is 0.728. The van der Waals surface area contributed by atoms with Crippen LogP contribution in [0.15, 0.2) is 48.7 Å². The average molecular weight is 370 g/mol. The van der Waals surface area contributed by atoms with Gasteiger partial charge in [-0.05, 0) is 31.0 Å². The first-order chi connectivity index (χ1) is 13.2. The highest BCUT2D eigenvalue weighted by atomic mass is 16.5. The zero-order valence-corrected chi connectivity index (χ0v) is 15.2. The fraction of sp³-hybridized carbons (Fsp3) is 0.350. The van der Waals surface area contributed by atoms with Crippen molar-refractivity contribution in [3.63, 3.8) is 0 Å². The highest BCUT2D eigenvalue weighted by Gasteiger charge is 2.27. The largest absolute Gasteiger partial charge is 0.484 e. The Morgan fingerprint density at radius 2 is 1.89 bits per heavy atom. The van der Waals surface area contributed by atoms with Gasteiger partial charge in [-0.2, -0.15) is 0 Å². The topological polar surface area (TPSA) is 78.0 Å². The van der Waals surface area contributed by atoms with Crippen molar-refractivity contribution in [1.82, 2.24) is 9.88 Å². The predicted molar refractivity (Wildman–Crippen MR) is 97.6 cm³/mol. The standard InChI is InChI=1S/C20H22N2O5/c1-25-20(24)15-8-11-22(12-9-15)19(23)14-26-16-5-4-6-17(13-16)27-18-7-2-3-10-21-18/h2-7,10,13,15H,8-9,11-12,14H2,1H3. The van der Waals surface area contributed by atoms with Crippen LogP contribution in [0.2, 0.25) is 0 Å². The normalized spacial score (nSPS) is 14.5. The molecule has 27 heavy (non-hydrogen) atoms. The lowest BCUT2D eigenvalue weighted by molar-refractivity contribution is -0.149. The number of methoxy groups -OCH3 is 1. The van der Waals surface area contributed by atoms with Crippen LogP contribution in [0.4, 0.5) is 0 Å². The lowest BCUT2D eigenvalue weighted by atomic mass is 9.97. The zero-order chi connectivity index (χ0) is 19.1. The Bertz CT molecular complexity index is 773. The summed E-state index contributed by atoms with van der Waals surface area (Å²) in [7, 11) is 1.39. The number of piperidine rings is 1. The summed E-state index contributed by atoms with van der Waals surface area (Å²) in [5, 5.41) is 0. The Morgan fingerprint density at radius 3 is 2.59 bits per heavy atom. The van der Waals surface area contributed by atoms with Crippen LogP contribution < -0.4 is 9.47 Å². The summed E-state index contributed by atoms with van der Waals surface area (Å²) in [5.41, 5.74) is 0. The van der Waals surface area contributed by atoms with Crippen LogP contribution in [-0.4, -0.2) is 48.6 Å². The Morgan fingerprint density at radius 1 is 1.11 bits per heavy atom. The number of pyridine rings is 1. The van der Waals surface area contributed by atoms with Crippen LogP contribution in [0, 0.1) is 5.92 Å². The molecule has 0 aliphatic carbocycles. The van der Waals surface area contributed by atoms with Gasteiger partial charge in [-0.25, -0.2) is 4.98 Å². The van der Waals surface area contributed by atoms with E-state index in [1.165, 1.54) is 7.11 Å². The van der Waals surface area contributed by atoms with Crippen molar-refractivity contribution < 1.29 is 23.8 Å². The van der Waals surface area contributed by atoms with Crippen LogP contribution in [-0.2, 0) is 14.3 Å². The van der Waals surface area contributed by atoms with Crippen molar-refractivity contribution in [1.29, 1.82) is 0 Å². The minimum Gasteiger partial charge on any atom is -0.484 e. The summed E-state index contributed by atoms with van der Waals surface area (Å²) in [6, 6.07) is 12.5. The van der Waals surface area contributed by atoms with E-state index in [2.05, 4.69) is 4.98 Å². The Kier molecular flexibility index (Phi) is 6.25. The highest BCUT2D eigenvalue weighted by Crippen LogP contribution is 2.24. The second-order valence-electron chi connectivity index (χ2n) is 6.21. The molecule has 2 heterocycles. The van der Waals surface area contributed by atoms with Crippen molar-refractivity contribution in [2.45, 2.75) is 12.8 Å². The van der Waals surface area contributed by atoms with Crippen LogP contribution in [0.3, 0.4) is 0 Å². The van der Waals surface area contributed by atoms with Gasteiger partial charge >= 0.3 is 5.97 Å². The summed E-state index contributed by atoms with van der Waals surface area (Å²) in [6.07, 6.45) is 2.88. The van der Waals surface area contributed by atoms with Crippen LogP contribution in [0.1, 0.15) is 12.8 Å². The number of hydrogen-bond donors (Lipinski definition) is 0.